The molecule has 0 aliphatic heterocycles. The molecule has 1 saturated carbocycles. The molecular weight excluding hydrogens is 126 g/mol. The van der Waals surface area contributed by atoms with E-state index >= 15 is 0 Å². The van der Waals surface area contributed by atoms with Crippen molar-refractivity contribution in [3.8, 4) is 0 Å². The Bertz CT molecular complexity index is 153. The molecule has 2 unspecified atom stereocenters. The Kier molecular flexibility index (Phi) is 2.22. The molecule has 1 aliphatic rings. The summed E-state index contributed by atoms with van der Waals surface area (Å²) in [5.41, 5.74) is 5.62. The largest absolute Gasteiger partial charge is 0.327 e. The van der Waals surface area contributed by atoms with Crippen LogP contribution in [0.4, 0.5) is 0 Å². The number of carbonyl (C=O) groups excluding carboxylic acids is 1. The van der Waals surface area contributed by atoms with Crippen LogP contribution < -0.4 is 5.73 Å². The Morgan fingerprint density at radius 3 is 2.80 bits per heavy atom. The molecule has 0 aromatic rings. The first kappa shape index (κ1) is 7.48. The molecule has 0 aromatic carbocycles. The van der Waals surface area contributed by atoms with Crippen molar-refractivity contribution in [3.05, 3.63) is 12.7 Å². The zero-order valence-corrected chi connectivity index (χ0v) is 6.05. The van der Waals surface area contributed by atoms with Gasteiger partial charge in [0.05, 0.1) is 0 Å². The Morgan fingerprint density at radius 2 is 2.30 bits per heavy atom. The summed E-state index contributed by atoms with van der Waals surface area (Å²) in [6, 6.07) is 0.0734. The lowest BCUT2D eigenvalue weighted by Gasteiger charge is -2.22. The molecule has 0 heterocycles. The van der Waals surface area contributed by atoms with Gasteiger partial charge in [0.2, 0.25) is 0 Å². The molecule has 2 atom stereocenters. The summed E-state index contributed by atoms with van der Waals surface area (Å²) < 4.78 is 0. The van der Waals surface area contributed by atoms with Gasteiger partial charge in [-0.15, -0.1) is 6.58 Å². The van der Waals surface area contributed by atoms with Crippen LogP contribution in [0, 0.1) is 5.92 Å². The van der Waals surface area contributed by atoms with Gasteiger partial charge in [-0.3, -0.25) is 4.79 Å². The number of rotatable bonds is 1. The van der Waals surface area contributed by atoms with E-state index in [4.69, 9.17) is 5.73 Å². The molecule has 0 radical (unpaired) electrons. The summed E-state index contributed by atoms with van der Waals surface area (Å²) >= 11 is 0. The molecule has 0 aromatic heterocycles. The van der Waals surface area contributed by atoms with Crippen molar-refractivity contribution >= 4 is 5.78 Å². The van der Waals surface area contributed by atoms with Crippen molar-refractivity contribution in [2.45, 2.75) is 25.3 Å². The molecule has 0 saturated heterocycles. The molecule has 2 nitrogen and oxygen atoms in total. The molecule has 1 fully saturated rings. The second kappa shape index (κ2) is 2.97. The average Bonchev–Trinajstić information content (AvgIpc) is 1.85. The fraction of sp³-hybridized carbons (Fsp3) is 0.625. The van der Waals surface area contributed by atoms with Crippen molar-refractivity contribution in [2.24, 2.45) is 11.7 Å². The number of nitrogens with two attached hydrogens (primary N) is 1. The summed E-state index contributed by atoms with van der Waals surface area (Å²) in [6.07, 6.45) is 3.97. The van der Waals surface area contributed by atoms with Gasteiger partial charge in [0, 0.05) is 18.9 Å². The Labute approximate surface area is 61.1 Å². The van der Waals surface area contributed by atoms with E-state index in [0.29, 0.717) is 18.8 Å². The summed E-state index contributed by atoms with van der Waals surface area (Å²) in [7, 11) is 0. The lowest BCUT2D eigenvalue weighted by molar-refractivity contribution is -0.121. The van der Waals surface area contributed by atoms with Gasteiger partial charge in [0.15, 0.2) is 0 Å². The van der Waals surface area contributed by atoms with E-state index in [9.17, 15) is 4.79 Å². The van der Waals surface area contributed by atoms with Crippen LogP contribution in [0.5, 0.6) is 0 Å². The monoisotopic (exact) mass is 139 g/mol. The molecule has 1 rings (SSSR count). The lowest BCUT2D eigenvalue weighted by Crippen LogP contribution is -2.32. The molecule has 2 N–H and O–H groups in total. The minimum absolute atomic E-state index is 0.0734. The fourth-order valence-corrected chi connectivity index (χ4v) is 1.40. The quantitative estimate of drug-likeness (QED) is 0.548. The van der Waals surface area contributed by atoms with E-state index in [1.54, 1.807) is 0 Å². The average molecular weight is 139 g/mol. The molecule has 56 valence electrons. The molecule has 1 aliphatic carbocycles. The predicted octanol–water partition coefficient (Wildman–Crippen LogP) is 0.869. The summed E-state index contributed by atoms with van der Waals surface area (Å²) in [4.78, 5) is 10.9. The van der Waals surface area contributed by atoms with E-state index in [-0.39, 0.29) is 11.8 Å². The van der Waals surface area contributed by atoms with Crippen molar-refractivity contribution in [1.29, 1.82) is 0 Å². The van der Waals surface area contributed by atoms with Crippen molar-refractivity contribution < 1.29 is 4.79 Å². The van der Waals surface area contributed by atoms with E-state index in [2.05, 4.69) is 6.58 Å². The first-order chi connectivity index (χ1) is 4.72. The number of ketones is 1. The Balaban J connectivity index is 2.50. The van der Waals surface area contributed by atoms with Gasteiger partial charge in [-0.1, -0.05) is 6.08 Å². The molecule has 10 heavy (non-hydrogen) atoms. The van der Waals surface area contributed by atoms with Crippen LogP contribution in [0.25, 0.3) is 0 Å². The summed E-state index contributed by atoms with van der Waals surface area (Å²) in [5.74, 6) is 0.611. The van der Waals surface area contributed by atoms with Crippen LogP contribution in [-0.2, 0) is 4.79 Å². The third kappa shape index (κ3) is 1.67. The van der Waals surface area contributed by atoms with Gasteiger partial charge in [0.25, 0.3) is 0 Å². The smallest absolute Gasteiger partial charge is 0.135 e. The minimum atomic E-state index is 0.0734. The third-order valence-corrected chi connectivity index (χ3v) is 1.92. The summed E-state index contributed by atoms with van der Waals surface area (Å²) in [5, 5.41) is 0. The highest BCUT2D eigenvalue weighted by atomic mass is 16.1. The highest BCUT2D eigenvalue weighted by Crippen LogP contribution is 2.20. The predicted molar refractivity (Wildman–Crippen MR) is 40.5 cm³/mol. The first-order valence-electron chi connectivity index (χ1n) is 3.62. The van der Waals surface area contributed by atoms with E-state index in [1.807, 2.05) is 6.08 Å². The minimum Gasteiger partial charge on any atom is -0.327 e. The molecule has 0 amide bonds. The SMILES string of the molecule is C=CC1CC(=O)CC(N)C1. The standard InChI is InChI=1S/C8H13NO/c1-2-6-3-7(9)5-8(10)4-6/h2,6-7H,1,3-5,9H2. The van der Waals surface area contributed by atoms with Crippen LogP contribution in [0.1, 0.15) is 19.3 Å². The number of hydrogen-bond donors (Lipinski definition) is 1. The highest BCUT2D eigenvalue weighted by Gasteiger charge is 2.22. The van der Waals surface area contributed by atoms with Crippen LogP contribution in [0.15, 0.2) is 12.7 Å². The fourth-order valence-electron chi connectivity index (χ4n) is 1.40. The van der Waals surface area contributed by atoms with Gasteiger partial charge >= 0.3 is 0 Å². The maximum Gasteiger partial charge on any atom is 0.135 e. The van der Waals surface area contributed by atoms with Crippen LogP contribution in [-0.4, -0.2) is 11.8 Å². The maximum atomic E-state index is 10.9. The zero-order valence-electron chi connectivity index (χ0n) is 6.05. The van der Waals surface area contributed by atoms with E-state index in [0.717, 1.165) is 6.42 Å². The molecule has 0 spiro atoms. The van der Waals surface area contributed by atoms with Crippen molar-refractivity contribution in [1.82, 2.24) is 0 Å². The number of carbonyl (C=O) groups is 1. The van der Waals surface area contributed by atoms with Gasteiger partial charge < -0.3 is 5.73 Å². The van der Waals surface area contributed by atoms with E-state index in [1.165, 1.54) is 0 Å². The van der Waals surface area contributed by atoms with Crippen molar-refractivity contribution in [3.63, 3.8) is 0 Å². The number of hydrogen-bond acceptors (Lipinski definition) is 2. The van der Waals surface area contributed by atoms with Crippen LogP contribution in [0.3, 0.4) is 0 Å². The summed E-state index contributed by atoms with van der Waals surface area (Å²) in [6.45, 7) is 3.65. The zero-order chi connectivity index (χ0) is 7.56. The maximum absolute atomic E-state index is 10.9. The van der Waals surface area contributed by atoms with Gasteiger partial charge in [-0.2, -0.15) is 0 Å². The lowest BCUT2D eigenvalue weighted by atomic mass is 9.85. The second-order valence-corrected chi connectivity index (χ2v) is 2.94. The van der Waals surface area contributed by atoms with Gasteiger partial charge in [-0.25, -0.2) is 0 Å². The highest BCUT2D eigenvalue weighted by molar-refractivity contribution is 5.80. The molecule has 0 bridgehead atoms. The number of allylic oxidation sites excluding steroid dienone is 1. The normalized spacial score (nSPS) is 33.9. The number of Topliss-reactive ketones (excluding diaryl/α,β-unsaturated/α-hetero) is 1. The van der Waals surface area contributed by atoms with Gasteiger partial charge in [0.1, 0.15) is 5.78 Å². The van der Waals surface area contributed by atoms with E-state index < -0.39 is 0 Å². The first-order valence-corrected chi connectivity index (χ1v) is 3.62. The van der Waals surface area contributed by atoms with Crippen LogP contribution >= 0.6 is 0 Å². The van der Waals surface area contributed by atoms with Gasteiger partial charge in [-0.05, 0) is 12.3 Å². The molecule has 2 heteroatoms. The second-order valence-electron chi connectivity index (χ2n) is 2.94. The van der Waals surface area contributed by atoms with Crippen molar-refractivity contribution in [2.75, 3.05) is 0 Å². The Morgan fingerprint density at radius 1 is 1.60 bits per heavy atom. The topological polar surface area (TPSA) is 43.1 Å². The van der Waals surface area contributed by atoms with Crippen LogP contribution in [0.2, 0.25) is 0 Å². The third-order valence-electron chi connectivity index (χ3n) is 1.92. The molecular formula is C8H13NO. The Hall–Kier alpha value is -0.630.